The first-order chi connectivity index (χ1) is 10.4. The molecule has 0 bridgehead atoms. The van der Waals surface area contributed by atoms with Crippen LogP contribution in [0.3, 0.4) is 0 Å². The van der Waals surface area contributed by atoms with Crippen LogP contribution < -0.4 is 19.9 Å². The van der Waals surface area contributed by atoms with Gasteiger partial charge in [0.15, 0.2) is 11.5 Å². The molecule has 1 aliphatic heterocycles. The summed E-state index contributed by atoms with van der Waals surface area (Å²) in [7, 11) is 0. The van der Waals surface area contributed by atoms with Gasteiger partial charge in [0, 0.05) is 18.2 Å². The number of rotatable bonds is 5. The summed E-state index contributed by atoms with van der Waals surface area (Å²) in [6, 6.07) is 13.8. The molecule has 4 nitrogen and oxygen atoms in total. The highest BCUT2D eigenvalue weighted by atomic mass is 16.7. The van der Waals surface area contributed by atoms with Crippen LogP contribution in [0.25, 0.3) is 6.08 Å². The Morgan fingerprint density at radius 2 is 1.86 bits per heavy atom. The first kappa shape index (κ1) is 13.5. The maximum atomic E-state index is 5.77. The van der Waals surface area contributed by atoms with Crippen LogP contribution >= 0.6 is 0 Å². The van der Waals surface area contributed by atoms with Gasteiger partial charge in [-0.15, -0.1) is 0 Å². The molecule has 1 aliphatic rings. The van der Waals surface area contributed by atoms with E-state index in [-0.39, 0.29) is 6.79 Å². The van der Waals surface area contributed by atoms with E-state index in [1.165, 1.54) is 0 Å². The fourth-order valence-corrected chi connectivity index (χ4v) is 2.15. The molecule has 0 aromatic heterocycles. The summed E-state index contributed by atoms with van der Waals surface area (Å²) < 4.78 is 16.5. The third-order valence-electron chi connectivity index (χ3n) is 3.22. The highest BCUT2D eigenvalue weighted by Crippen LogP contribution is 2.37. The number of benzene rings is 2. The third kappa shape index (κ3) is 3.17. The molecule has 0 saturated carbocycles. The third-order valence-corrected chi connectivity index (χ3v) is 3.22. The summed E-state index contributed by atoms with van der Waals surface area (Å²) in [6.07, 6.45) is 4.00. The minimum absolute atomic E-state index is 0.247. The zero-order valence-corrected chi connectivity index (χ0v) is 11.6. The molecule has 0 fully saturated rings. The highest BCUT2D eigenvalue weighted by molar-refractivity contribution is 5.52. The monoisotopic (exact) mass is 283 g/mol. The lowest BCUT2D eigenvalue weighted by Gasteiger charge is -2.10. The molecular weight excluding hydrogens is 266 g/mol. The van der Waals surface area contributed by atoms with Crippen molar-refractivity contribution in [3.05, 3.63) is 59.7 Å². The zero-order chi connectivity index (χ0) is 14.5. The van der Waals surface area contributed by atoms with E-state index >= 15 is 0 Å². The van der Waals surface area contributed by atoms with Crippen LogP contribution in [0.2, 0.25) is 0 Å². The number of fused-ring (bicyclic) bond motifs is 1. The molecule has 0 aliphatic carbocycles. The molecule has 3 rings (SSSR count). The van der Waals surface area contributed by atoms with Gasteiger partial charge in [-0.05, 0) is 17.7 Å². The number of hydrogen-bond acceptors (Lipinski definition) is 4. The van der Waals surface area contributed by atoms with E-state index < -0.39 is 0 Å². The Bertz CT molecular complexity index is 638. The molecule has 0 atom stereocenters. The largest absolute Gasteiger partial charge is 0.489 e. The van der Waals surface area contributed by atoms with Crippen molar-refractivity contribution in [1.82, 2.24) is 0 Å². The molecule has 0 radical (unpaired) electrons. The molecule has 4 heteroatoms. The summed E-state index contributed by atoms with van der Waals surface area (Å²) in [6.45, 7) is 1.12. The van der Waals surface area contributed by atoms with Gasteiger partial charge >= 0.3 is 0 Å². The zero-order valence-electron chi connectivity index (χ0n) is 11.6. The highest BCUT2D eigenvalue weighted by Gasteiger charge is 2.17. The van der Waals surface area contributed by atoms with Crippen molar-refractivity contribution in [3.8, 4) is 17.2 Å². The van der Waals surface area contributed by atoms with Crippen molar-refractivity contribution >= 4 is 6.08 Å². The Balaban J connectivity index is 1.66. The molecule has 2 aromatic carbocycles. The maximum absolute atomic E-state index is 5.77. The molecule has 2 aromatic rings. The van der Waals surface area contributed by atoms with Crippen molar-refractivity contribution in [3.63, 3.8) is 0 Å². The van der Waals surface area contributed by atoms with Gasteiger partial charge in [0.1, 0.15) is 12.4 Å². The smallest absolute Gasteiger partial charge is 0.231 e. The number of hydrogen-bond donors (Lipinski definition) is 1. The summed E-state index contributed by atoms with van der Waals surface area (Å²) >= 11 is 0. The second kappa shape index (κ2) is 6.33. The van der Waals surface area contributed by atoms with Gasteiger partial charge in [-0.1, -0.05) is 36.4 Å². The lowest BCUT2D eigenvalue weighted by Crippen LogP contribution is -2.02. The van der Waals surface area contributed by atoms with Crippen molar-refractivity contribution in [1.29, 1.82) is 0 Å². The maximum Gasteiger partial charge on any atom is 0.231 e. The second-order valence-electron chi connectivity index (χ2n) is 4.64. The number of ether oxygens (including phenoxy) is 3. The van der Waals surface area contributed by atoms with E-state index in [9.17, 15) is 0 Å². The van der Waals surface area contributed by atoms with Crippen molar-refractivity contribution in [2.45, 2.75) is 6.54 Å². The summed E-state index contributed by atoms with van der Waals surface area (Å²) in [5, 5.41) is 0. The van der Waals surface area contributed by atoms with Crippen LogP contribution in [-0.4, -0.2) is 13.4 Å². The van der Waals surface area contributed by atoms with E-state index in [1.807, 2.05) is 54.6 Å². The quantitative estimate of drug-likeness (QED) is 0.916. The number of nitrogens with two attached hydrogens (primary N) is 1. The topological polar surface area (TPSA) is 53.7 Å². The minimum atomic E-state index is 0.247. The Morgan fingerprint density at radius 3 is 2.62 bits per heavy atom. The fraction of sp³-hybridized carbons (Fsp3) is 0.176. The van der Waals surface area contributed by atoms with Gasteiger partial charge < -0.3 is 19.9 Å². The van der Waals surface area contributed by atoms with Gasteiger partial charge in [0.2, 0.25) is 6.79 Å². The summed E-state index contributed by atoms with van der Waals surface area (Å²) in [5.41, 5.74) is 7.80. The summed E-state index contributed by atoms with van der Waals surface area (Å²) in [4.78, 5) is 0. The SMILES string of the molecule is NCc1cc2c(cc1OCC=Cc1ccccc1)OCO2. The van der Waals surface area contributed by atoms with E-state index in [4.69, 9.17) is 19.9 Å². The van der Waals surface area contributed by atoms with Gasteiger partial charge in [0.05, 0.1) is 0 Å². The average Bonchev–Trinajstić information content (AvgIpc) is 2.99. The lowest BCUT2D eigenvalue weighted by molar-refractivity contribution is 0.174. The van der Waals surface area contributed by atoms with Crippen molar-refractivity contribution < 1.29 is 14.2 Å². The lowest BCUT2D eigenvalue weighted by atomic mass is 10.2. The van der Waals surface area contributed by atoms with E-state index in [0.717, 1.165) is 22.6 Å². The van der Waals surface area contributed by atoms with Gasteiger partial charge in [-0.25, -0.2) is 0 Å². The van der Waals surface area contributed by atoms with E-state index in [1.54, 1.807) is 0 Å². The summed E-state index contributed by atoms with van der Waals surface area (Å²) in [5.74, 6) is 2.16. The molecule has 1 heterocycles. The Hall–Kier alpha value is -2.46. The Morgan fingerprint density at radius 1 is 1.10 bits per heavy atom. The van der Waals surface area contributed by atoms with Gasteiger partial charge in [0.25, 0.3) is 0 Å². The predicted molar refractivity (Wildman–Crippen MR) is 81.4 cm³/mol. The van der Waals surface area contributed by atoms with E-state index in [2.05, 4.69) is 0 Å². The second-order valence-corrected chi connectivity index (χ2v) is 4.64. The standard InChI is InChI=1S/C17H17NO3/c18-11-14-9-16-17(21-12-20-16)10-15(14)19-8-4-7-13-5-2-1-3-6-13/h1-7,9-10H,8,11-12,18H2. The van der Waals surface area contributed by atoms with Gasteiger partial charge in [-0.2, -0.15) is 0 Å². The fourth-order valence-electron chi connectivity index (χ4n) is 2.15. The predicted octanol–water partition coefficient (Wildman–Crippen LogP) is 2.97. The van der Waals surface area contributed by atoms with Crippen LogP contribution in [-0.2, 0) is 6.54 Å². The normalized spacial score (nSPS) is 12.8. The molecule has 0 saturated heterocycles. The molecule has 21 heavy (non-hydrogen) atoms. The first-order valence-corrected chi connectivity index (χ1v) is 6.84. The van der Waals surface area contributed by atoms with Crippen molar-refractivity contribution in [2.75, 3.05) is 13.4 Å². The molecule has 0 spiro atoms. The first-order valence-electron chi connectivity index (χ1n) is 6.84. The Labute approximate surface area is 123 Å². The van der Waals surface area contributed by atoms with Gasteiger partial charge in [-0.3, -0.25) is 0 Å². The Kier molecular flexibility index (Phi) is 4.07. The minimum Gasteiger partial charge on any atom is -0.489 e. The van der Waals surface area contributed by atoms with Crippen molar-refractivity contribution in [2.24, 2.45) is 5.73 Å². The van der Waals surface area contributed by atoms with Crippen LogP contribution in [0.1, 0.15) is 11.1 Å². The van der Waals surface area contributed by atoms with E-state index in [0.29, 0.717) is 18.9 Å². The van der Waals surface area contributed by atoms with Crippen LogP contribution in [0.15, 0.2) is 48.5 Å². The molecule has 0 unspecified atom stereocenters. The molecule has 2 N–H and O–H groups in total. The van der Waals surface area contributed by atoms with Crippen LogP contribution in [0.5, 0.6) is 17.2 Å². The van der Waals surface area contributed by atoms with Crippen LogP contribution in [0.4, 0.5) is 0 Å². The van der Waals surface area contributed by atoms with Crippen LogP contribution in [0, 0.1) is 0 Å². The molecule has 0 amide bonds. The molecule has 108 valence electrons. The molecular formula is C17H17NO3. The average molecular weight is 283 g/mol.